The Morgan fingerprint density at radius 3 is 1.53 bits per heavy atom. The normalized spacial score (nSPS) is 10.6. The Morgan fingerprint density at radius 1 is 0.547 bits per heavy atom. The van der Waals surface area contributed by atoms with E-state index >= 15 is 0 Å². The van der Waals surface area contributed by atoms with Crippen LogP contribution in [0.3, 0.4) is 0 Å². The number of benzene rings is 1. The third-order valence-corrected chi connectivity index (χ3v) is 8.20. The summed E-state index contributed by atoms with van der Waals surface area (Å²) < 4.78 is 37.5. The average molecular weight is 749 g/mol. The van der Waals surface area contributed by atoms with E-state index in [1.807, 2.05) is 6.07 Å². The number of esters is 5. The van der Waals surface area contributed by atoms with Gasteiger partial charge in [-0.05, 0) is 76.5 Å². The summed E-state index contributed by atoms with van der Waals surface area (Å²) in [5.41, 5.74) is 0.713. The molecule has 1 aromatic carbocycles. The zero-order valence-corrected chi connectivity index (χ0v) is 32.5. The second kappa shape index (κ2) is 31.4. The number of hydrogen-bond donors (Lipinski definition) is 0. The van der Waals surface area contributed by atoms with Crippen LogP contribution in [0.25, 0.3) is 0 Å². The Morgan fingerprint density at radius 2 is 1.00 bits per heavy atom. The third-order valence-electron chi connectivity index (χ3n) is 8.20. The summed E-state index contributed by atoms with van der Waals surface area (Å²) in [6, 6.07) is 5.26. The lowest BCUT2D eigenvalue weighted by Crippen LogP contribution is -2.11. The summed E-state index contributed by atoms with van der Waals surface area (Å²) in [5.74, 6) is -0.772. The van der Waals surface area contributed by atoms with Crippen molar-refractivity contribution in [3.8, 4) is 11.5 Å². The molecule has 0 unspecified atom stereocenters. The molecule has 0 aliphatic heterocycles. The van der Waals surface area contributed by atoms with Crippen molar-refractivity contribution >= 4 is 29.8 Å². The minimum Gasteiger partial charge on any atom is -0.494 e. The molecule has 0 spiro atoms. The van der Waals surface area contributed by atoms with E-state index in [2.05, 4.69) is 11.3 Å². The smallest absolute Gasteiger partial charge is 0.342 e. The fourth-order valence-electron chi connectivity index (χ4n) is 5.02. The van der Waals surface area contributed by atoms with Gasteiger partial charge in [-0.25, -0.2) is 9.59 Å². The summed E-state index contributed by atoms with van der Waals surface area (Å²) in [4.78, 5) is 58.6. The maximum atomic E-state index is 13.1. The summed E-state index contributed by atoms with van der Waals surface area (Å²) in [6.45, 7) is 9.40. The molecule has 0 aliphatic carbocycles. The minimum atomic E-state index is -0.462. The van der Waals surface area contributed by atoms with Crippen LogP contribution in [0.5, 0.6) is 11.5 Å². The van der Waals surface area contributed by atoms with E-state index in [1.54, 1.807) is 26.0 Å². The maximum Gasteiger partial charge on any atom is 0.342 e. The first-order chi connectivity index (χ1) is 25.7. The fourth-order valence-corrected chi connectivity index (χ4v) is 5.02. The predicted octanol–water partition coefficient (Wildman–Crippen LogP) is 8.41. The van der Waals surface area contributed by atoms with Gasteiger partial charge >= 0.3 is 29.8 Å². The number of hydrogen-bond acceptors (Lipinski definition) is 12. The Hall–Kier alpha value is -4.09. The molecular formula is C41H64O12. The number of rotatable bonds is 33. The average Bonchev–Trinajstić information content (AvgIpc) is 3.16. The van der Waals surface area contributed by atoms with E-state index in [0.717, 1.165) is 96.3 Å². The summed E-state index contributed by atoms with van der Waals surface area (Å²) >= 11 is 0. The van der Waals surface area contributed by atoms with E-state index in [-0.39, 0.29) is 31.4 Å². The van der Waals surface area contributed by atoms with Crippen molar-refractivity contribution in [2.45, 2.75) is 136 Å². The molecule has 12 nitrogen and oxygen atoms in total. The van der Waals surface area contributed by atoms with Gasteiger partial charge in [0, 0.05) is 12.0 Å². The van der Waals surface area contributed by atoms with E-state index in [9.17, 15) is 24.0 Å². The molecular weight excluding hydrogens is 684 g/mol. The van der Waals surface area contributed by atoms with Crippen molar-refractivity contribution in [1.82, 2.24) is 0 Å². The molecule has 12 heteroatoms. The van der Waals surface area contributed by atoms with Crippen molar-refractivity contribution in [2.24, 2.45) is 0 Å². The number of unbranched alkanes of at least 4 members (excludes halogenated alkanes) is 13. The fraction of sp³-hybridized carbons (Fsp3) is 0.683. The Kier molecular flexibility index (Phi) is 27.8. The molecule has 0 atom stereocenters. The molecule has 0 bridgehead atoms. The highest BCUT2D eigenvalue weighted by atomic mass is 16.5. The molecule has 0 saturated heterocycles. The van der Waals surface area contributed by atoms with Gasteiger partial charge in [-0.3, -0.25) is 14.4 Å². The number of carbonyl (C=O) groups is 5. The lowest BCUT2D eigenvalue weighted by Gasteiger charge is -2.14. The topological polar surface area (TPSA) is 150 Å². The van der Waals surface area contributed by atoms with Gasteiger partial charge in [-0.15, -0.1) is 0 Å². The standard InChI is InChI=1S/C41H64O12/c1-5-37(42)50-28-18-12-8-6-10-16-26-48-34-22-23-36(35(32-34)41(46)53-31-21-15-14-20-30-52-40(45)33(2)3)49-27-17-11-7-9-13-19-29-51-39(44)25-24-38(43)47-4/h22-23,32H,2,5-21,24-31H2,1,3-4H3. The zero-order chi connectivity index (χ0) is 38.9. The second-order valence-corrected chi connectivity index (χ2v) is 12.9. The molecule has 0 aromatic heterocycles. The van der Waals surface area contributed by atoms with Gasteiger partial charge in [0.1, 0.15) is 17.1 Å². The molecule has 0 aliphatic rings. The van der Waals surface area contributed by atoms with Gasteiger partial charge in [0.2, 0.25) is 0 Å². The zero-order valence-electron chi connectivity index (χ0n) is 32.5. The summed E-state index contributed by atoms with van der Waals surface area (Å²) in [7, 11) is 1.29. The van der Waals surface area contributed by atoms with Gasteiger partial charge in [-0.1, -0.05) is 64.9 Å². The number of methoxy groups -OCH3 is 1. The van der Waals surface area contributed by atoms with Crippen LogP contribution in [0, 0.1) is 0 Å². The van der Waals surface area contributed by atoms with Crippen LogP contribution in [0.2, 0.25) is 0 Å². The van der Waals surface area contributed by atoms with Crippen LogP contribution in [0.1, 0.15) is 146 Å². The van der Waals surface area contributed by atoms with Crippen LogP contribution in [-0.4, -0.2) is 76.6 Å². The lowest BCUT2D eigenvalue weighted by atomic mass is 10.1. The van der Waals surface area contributed by atoms with Gasteiger partial charge in [0.15, 0.2) is 0 Å². The molecule has 0 N–H and O–H groups in total. The largest absolute Gasteiger partial charge is 0.494 e. The minimum absolute atomic E-state index is 0.0287. The third kappa shape index (κ3) is 25.5. The summed E-state index contributed by atoms with van der Waals surface area (Å²) in [5, 5.41) is 0. The maximum absolute atomic E-state index is 13.1. The SMILES string of the molecule is C=C(C)C(=O)OCCCCCCOC(=O)c1cc(OCCCCCCCCOC(=O)CC)ccc1OCCCCCCCCOC(=O)CCC(=O)OC. The van der Waals surface area contributed by atoms with Crippen LogP contribution in [0.4, 0.5) is 0 Å². The number of carbonyl (C=O) groups excluding carboxylic acids is 5. The Balaban J connectivity index is 2.45. The highest BCUT2D eigenvalue weighted by Crippen LogP contribution is 2.26. The molecule has 0 radical (unpaired) electrons. The molecule has 1 aromatic rings. The molecule has 300 valence electrons. The molecule has 0 saturated carbocycles. The monoisotopic (exact) mass is 748 g/mol. The van der Waals surface area contributed by atoms with Crippen LogP contribution in [-0.2, 0) is 42.9 Å². The Labute approximate surface area is 316 Å². The van der Waals surface area contributed by atoms with Crippen molar-refractivity contribution < 1.29 is 57.1 Å². The van der Waals surface area contributed by atoms with Gasteiger partial charge in [0.25, 0.3) is 0 Å². The number of ether oxygens (including phenoxy) is 7. The van der Waals surface area contributed by atoms with Gasteiger partial charge < -0.3 is 33.2 Å². The van der Waals surface area contributed by atoms with Crippen LogP contribution in [0.15, 0.2) is 30.4 Å². The van der Waals surface area contributed by atoms with Crippen LogP contribution >= 0.6 is 0 Å². The van der Waals surface area contributed by atoms with E-state index < -0.39 is 17.9 Å². The highest BCUT2D eigenvalue weighted by Gasteiger charge is 2.16. The van der Waals surface area contributed by atoms with Crippen molar-refractivity contribution in [1.29, 1.82) is 0 Å². The molecule has 0 amide bonds. The summed E-state index contributed by atoms with van der Waals surface area (Å²) in [6.07, 6.45) is 15.0. The lowest BCUT2D eigenvalue weighted by molar-refractivity contribution is -0.149. The first-order valence-electron chi connectivity index (χ1n) is 19.4. The van der Waals surface area contributed by atoms with Gasteiger partial charge in [0.05, 0.1) is 59.6 Å². The van der Waals surface area contributed by atoms with E-state index in [1.165, 1.54) is 7.11 Å². The quantitative estimate of drug-likeness (QED) is 0.0294. The molecule has 53 heavy (non-hydrogen) atoms. The Bertz CT molecular complexity index is 1210. The van der Waals surface area contributed by atoms with Crippen molar-refractivity contribution in [2.75, 3.05) is 46.8 Å². The first kappa shape index (κ1) is 46.9. The molecule has 1 rings (SSSR count). The predicted molar refractivity (Wildman–Crippen MR) is 201 cm³/mol. The molecule has 0 fully saturated rings. The second-order valence-electron chi connectivity index (χ2n) is 12.9. The first-order valence-corrected chi connectivity index (χ1v) is 19.4. The molecule has 0 heterocycles. The van der Waals surface area contributed by atoms with Crippen molar-refractivity contribution in [3.63, 3.8) is 0 Å². The van der Waals surface area contributed by atoms with E-state index in [4.69, 9.17) is 28.4 Å². The highest BCUT2D eigenvalue weighted by molar-refractivity contribution is 5.93. The van der Waals surface area contributed by atoms with E-state index in [0.29, 0.717) is 68.5 Å². The van der Waals surface area contributed by atoms with Gasteiger partial charge in [-0.2, -0.15) is 0 Å². The van der Waals surface area contributed by atoms with Crippen LogP contribution < -0.4 is 9.47 Å². The van der Waals surface area contributed by atoms with Crippen molar-refractivity contribution in [3.05, 3.63) is 35.9 Å².